The van der Waals surface area contributed by atoms with Gasteiger partial charge in [-0.05, 0) is 19.4 Å². The molecule has 1 aliphatic heterocycles. The number of piperazine rings is 1. The summed E-state index contributed by atoms with van der Waals surface area (Å²) in [4.78, 5) is 5.16. The fourth-order valence-corrected chi connectivity index (χ4v) is 2.22. The molecule has 0 aliphatic carbocycles. The molecule has 0 amide bonds. The molecule has 1 heterocycles. The first kappa shape index (κ1) is 11.0. The van der Waals surface area contributed by atoms with E-state index in [1.54, 1.807) is 0 Å². The summed E-state index contributed by atoms with van der Waals surface area (Å²) < 4.78 is 0. The van der Waals surface area contributed by atoms with Crippen LogP contribution >= 0.6 is 0 Å². The van der Waals surface area contributed by atoms with E-state index < -0.39 is 0 Å². The Bertz CT molecular complexity index is 145. The summed E-state index contributed by atoms with van der Waals surface area (Å²) in [5.74, 6) is 0.806. The van der Waals surface area contributed by atoms with E-state index in [0.29, 0.717) is 0 Å². The maximum absolute atomic E-state index is 2.60. The van der Waals surface area contributed by atoms with Crippen molar-refractivity contribution in [3.63, 3.8) is 0 Å². The van der Waals surface area contributed by atoms with Crippen molar-refractivity contribution >= 4 is 0 Å². The molecule has 0 aromatic carbocycles. The highest BCUT2D eigenvalue weighted by Gasteiger charge is 2.22. The number of hydrogen-bond donors (Lipinski definition) is 0. The minimum absolute atomic E-state index is 0.748. The van der Waals surface area contributed by atoms with E-state index >= 15 is 0 Å². The number of hydrogen-bond acceptors (Lipinski definition) is 2. The zero-order valence-corrected chi connectivity index (χ0v) is 9.58. The molecule has 2 nitrogen and oxygen atoms in total. The second kappa shape index (κ2) is 4.97. The lowest BCUT2D eigenvalue weighted by molar-refractivity contribution is 0.0806. The average Bonchev–Trinajstić information content (AvgIpc) is 2.03. The number of rotatable bonds is 3. The first-order valence-corrected chi connectivity index (χ1v) is 5.59. The summed E-state index contributed by atoms with van der Waals surface area (Å²) in [5.41, 5.74) is 0. The second-order valence-electron chi connectivity index (χ2n) is 4.63. The molecule has 1 rings (SSSR count). The molecule has 0 spiro atoms. The van der Waals surface area contributed by atoms with E-state index in [-0.39, 0.29) is 0 Å². The number of likely N-dealkylation sites (N-methyl/N-ethyl adjacent to an activating group) is 1. The smallest absolute Gasteiger partial charge is 0.0195 e. The Hall–Kier alpha value is -0.0800. The van der Waals surface area contributed by atoms with Gasteiger partial charge in [-0.15, -0.1) is 0 Å². The Labute approximate surface area is 82.9 Å². The van der Waals surface area contributed by atoms with Gasteiger partial charge in [0.1, 0.15) is 0 Å². The van der Waals surface area contributed by atoms with Crippen LogP contribution in [-0.2, 0) is 0 Å². The lowest BCUT2D eigenvalue weighted by atomic mass is 10.1. The lowest BCUT2D eigenvalue weighted by Crippen LogP contribution is -2.52. The average molecular weight is 184 g/mol. The minimum atomic E-state index is 0.748. The van der Waals surface area contributed by atoms with Gasteiger partial charge >= 0.3 is 0 Å². The SMILES string of the molecule is CCN1CCN(CC(C)C)C[C@@H]1C. The van der Waals surface area contributed by atoms with Crippen molar-refractivity contribution in [3.05, 3.63) is 0 Å². The van der Waals surface area contributed by atoms with Crippen molar-refractivity contribution < 1.29 is 0 Å². The summed E-state index contributed by atoms with van der Waals surface area (Å²) >= 11 is 0. The van der Waals surface area contributed by atoms with Crippen molar-refractivity contribution in [2.75, 3.05) is 32.7 Å². The van der Waals surface area contributed by atoms with Gasteiger partial charge in [-0.3, -0.25) is 4.90 Å². The largest absolute Gasteiger partial charge is 0.300 e. The molecular formula is C11H24N2. The first-order valence-electron chi connectivity index (χ1n) is 5.59. The third-order valence-corrected chi connectivity index (χ3v) is 2.88. The Morgan fingerprint density at radius 3 is 2.46 bits per heavy atom. The molecule has 2 heteroatoms. The Kier molecular flexibility index (Phi) is 4.20. The molecule has 0 radical (unpaired) electrons. The molecule has 1 aliphatic rings. The highest BCUT2D eigenvalue weighted by atomic mass is 15.3. The zero-order valence-electron chi connectivity index (χ0n) is 9.58. The summed E-state index contributed by atoms with van der Waals surface area (Å²) in [5, 5.41) is 0. The van der Waals surface area contributed by atoms with E-state index in [2.05, 4.69) is 37.5 Å². The molecule has 0 aromatic heterocycles. The molecule has 1 atom stereocenters. The molecule has 0 bridgehead atoms. The van der Waals surface area contributed by atoms with Crippen LogP contribution in [0, 0.1) is 5.92 Å². The van der Waals surface area contributed by atoms with Crippen LogP contribution in [0.5, 0.6) is 0 Å². The molecule has 78 valence electrons. The standard InChI is InChI=1S/C11H24N2/c1-5-13-7-6-12(8-10(2)3)9-11(13)4/h10-11H,5-9H2,1-4H3/t11-/m0/s1. The normalized spacial score (nSPS) is 27.0. The van der Waals surface area contributed by atoms with E-state index in [1.807, 2.05) is 0 Å². The van der Waals surface area contributed by atoms with E-state index in [0.717, 1.165) is 12.0 Å². The van der Waals surface area contributed by atoms with Crippen molar-refractivity contribution in [2.45, 2.75) is 33.7 Å². The molecule has 1 saturated heterocycles. The molecule has 1 fully saturated rings. The highest BCUT2D eigenvalue weighted by molar-refractivity contribution is 4.78. The lowest BCUT2D eigenvalue weighted by Gasteiger charge is -2.39. The van der Waals surface area contributed by atoms with Crippen LogP contribution in [0.4, 0.5) is 0 Å². The van der Waals surface area contributed by atoms with Gasteiger partial charge in [0.15, 0.2) is 0 Å². The maximum atomic E-state index is 2.60. The zero-order chi connectivity index (χ0) is 9.84. The van der Waals surface area contributed by atoms with Gasteiger partial charge in [-0.2, -0.15) is 0 Å². The third kappa shape index (κ3) is 3.28. The first-order chi connectivity index (χ1) is 6.13. The van der Waals surface area contributed by atoms with E-state index in [9.17, 15) is 0 Å². The van der Waals surface area contributed by atoms with Crippen molar-refractivity contribution in [1.29, 1.82) is 0 Å². The van der Waals surface area contributed by atoms with Gasteiger partial charge in [0.25, 0.3) is 0 Å². The van der Waals surface area contributed by atoms with Crippen LogP contribution < -0.4 is 0 Å². The van der Waals surface area contributed by atoms with Crippen LogP contribution in [-0.4, -0.2) is 48.6 Å². The Morgan fingerprint density at radius 1 is 1.31 bits per heavy atom. The van der Waals surface area contributed by atoms with E-state index in [4.69, 9.17) is 0 Å². The Balaban J connectivity index is 2.32. The molecular weight excluding hydrogens is 160 g/mol. The second-order valence-corrected chi connectivity index (χ2v) is 4.63. The van der Waals surface area contributed by atoms with Crippen LogP contribution in [0.2, 0.25) is 0 Å². The Morgan fingerprint density at radius 2 is 2.00 bits per heavy atom. The van der Waals surface area contributed by atoms with Gasteiger partial charge < -0.3 is 4.90 Å². The van der Waals surface area contributed by atoms with Gasteiger partial charge in [0.05, 0.1) is 0 Å². The van der Waals surface area contributed by atoms with Gasteiger partial charge in [0.2, 0.25) is 0 Å². The summed E-state index contributed by atoms with van der Waals surface area (Å²) in [6.45, 7) is 15.4. The van der Waals surface area contributed by atoms with Crippen LogP contribution in [0.15, 0.2) is 0 Å². The highest BCUT2D eigenvalue weighted by Crippen LogP contribution is 2.10. The minimum Gasteiger partial charge on any atom is -0.300 e. The third-order valence-electron chi connectivity index (χ3n) is 2.88. The van der Waals surface area contributed by atoms with E-state index in [1.165, 1.54) is 32.7 Å². The quantitative estimate of drug-likeness (QED) is 0.658. The van der Waals surface area contributed by atoms with Gasteiger partial charge in [-0.25, -0.2) is 0 Å². The van der Waals surface area contributed by atoms with Gasteiger partial charge in [-0.1, -0.05) is 20.8 Å². The fourth-order valence-electron chi connectivity index (χ4n) is 2.22. The van der Waals surface area contributed by atoms with Crippen molar-refractivity contribution in [1.82, 2.24) is 9.80 Å². The molecule has 0 N–H and O–H groups in total. The fraction of sp³-hybridized carbons (Fsp3) is 1.00. The molecule has 0 unspecified atom stereocenters. The predicted octanol–water partition coefficient (Wildman–Crippen LogP) is 1.67. The topological polar surface area (TPSA) is 6.48 Å². The van der Waals surface area contributed by atoms with Crippen molar-refractivity contribution in [2.24, 2.45) is 5.92 Å². The van der Waals surface area contributed by atoms with Crippen LogP contribution in [0.25, 0.3) is 0 Å². The maximum Gasteiger partial charge on any atom is 0.0195 e. The molecule has 13 heavy (non-hydrogen) atoms. The summed E-state index contributed by atoms with van der Waals surface area (Å²) in [7, 11) is 0. The monoisotopic (exact) mass is 184 g/mol. The molecule has 0 aromatic rings. The summed E-state index contributed by atoms with van der Waals surface area (Å²) in [6.07, 6.45) is 0. The summed E-state index contributed by atoms with van der Waals surface area (Å²) in [6, 6.07) is 0.748. The van der Waals surface area contributed by atoms with Crippen LogP contribution in [0.3, 0.4) is 0 Å². The van der Waals surface area contributed by atoms with Crippen LogP contribution in [0.1, 0.15) is 27.7 Å². The van der Waals surface area contributed by atoms with Crippen molar-refractivity contribution in [3.8, 4) is 0 Å². The molecule has 0 saturated carbocycles. The predicted molar refractivity (Wildman–Crippen MR) is 58.0 cm³/mol. The van der Waals surface area contributed by atoms with Gasteiger partial charge in [0, 0.05) is 32.2 Å². The number of nitrogens with zero attached hydrogens (tertiary/aromatic N) is 2.